The highest BCUT2D eigenvalue weighted by atomic mass is 31.2. The smallest absolute Gasteiger partial charge is 0.346 e. The van der Waals surface area contributed by atoms with Gasteiger partial charge in [0.25, 0.3) is 0 Å². The molecule has 12 heteroatoms. The lowest BCUT2D eigenvalue weighted by atomic mass is 9.97. The lowest BCUT2D eigenvalue weighted by Gasteiger charge is -2.41. The summed E-state index contributed by atoms with van der Waals surface area (Å²) < 4.78 is 57.9. The van der Waals surface area contributed by atoms with Crippen LogP contribution in [0.3, 0.4) is 0 Å². The normalized spacial score (nSPS) is 27.2. The molecule has 0 saturated carbocycles. The average molecular weight is 442 g/mol. The van der Waals surface area contributed by atoms with Crippen molar-refractivity contribution in [3.8, 4) is 0 Å². The van der Waals surface area contributed by atoms with Gasteiger partial charge in [-0.15, -0.1) is 0 Å². The Bertz CT molecular complexity index is 628. The summed E-state index contributed by atoms with van der Waals surface area (Å²) in [4.78, 5) is 25.1. The fraction of sp³-hybridized carbons (Fsp3) is 0.875. The van der Waals surface area contributed by atoms with Gasteiger partial charge < -0.3 is 27.6 Å². The van der Waals surface area contributed by atoms with Gasteiger partial charge in [0, 0.05) is 10.8 Å². The van der Waals surface area contributed by atoms with Crippen LogP contribution in [0.25, 0.3) is 0 Å². The lowest BCUT2D eigenvalue weighted by Crippen LogP contribution is -2.46. The van der Waals surface area contributed by atoms with E-state index in [2.05, 4.69) is 0 Å². The van der Waals surface area contributed by atoms with E-state index in [0.29, 0.717) is 0 Å². The van der Waals surface area contributed by atoms with E-state index in [1.54, 1.807) is 0 Å². The minimum Gasteiger partial charge on any atom is -0.468 e. The van der Waals surface area contributed by atoms with Crippen molar-refractivity contribution in [3.05, 3.63) is 0 Å². The van der Waals surface area contributed by atoms with E-state index >= 15 is 0 Å². The molecule has 2 heterocycles. The fourth-order valence-corrected chi connectivity index (χ4v) is 8.19. The highest BCUT2D eigenvalue weighted by Gasteiger charge is 2.62. The van der Waals surface area contributed by atoms with Crippen molar-refractivity contribution < 1.29 is 46.3 Å². The molecule has 2 fully saturated rings. The number of esters is 2. The number of ether oxygens (including phenoxy) is 2. The molecular formula is C16H28O10P2. The molecule has 2 rings (SSSR count). The summed E-state index contributed by atoms with van der Waals surface area (Å²) in [6, 6.07) is 0. The largest absolute Gasteiger partial charge is 0.468 e. The number of rotatable bonds is 5. The third-order valence-corrected chi connectivity index (χ3v) is 8.98. The fourth-order valence-electron chi connectivity index (χ4n) is 2.64. The third kappa shape index (κ3) is 4.86. The van der Waals surface area contributed by atoms with Crippen LogP contribution in [0.5, 0.6) is 0 Å². The van der Waals surface area contributed by atoms with E-state index in [1.807, 2.05) is 27.7 Å². The first kappa shape index (κ1) is 23.5. The molecule has 2 aliphatic heterocycles. The lowest BCUT2D eigenvalue weighted by molar-refractivity contribution is -0.148. The zero-order valence-corrected chi connectivity index (χ0v) is 18.7. The molecule has 0 bridgehead atoms. The van der Waals surface area contributed by atoms with E-state index in [-0.39, 0.29) is 26.4 Å². The van der Waals surface area contributed by atoms with Gasteiger partial charge in [0.05, 0.1) is 40.6 Å². The van der Waals surface area contributed by atoms with Crippen LogP contribution in [0.2, 0.25) is 0 Å². The Morgan fingerprint density at radius 2 is 0.964 bits per heavy atom. The third-order valence-electron chi connectivity index (χ3n) is 4.41. The molecule has 162 valence electrons. The van der Waals surface area contributed by atoms with Crippen LogP contribution in [0, 0.1) is 10.8 Å². The highest BCUT2D eigenvalue weighted by molar-refractivity contribution is 7.60. The highest BCUT2D eigenvalue weighted by Crippen LogP contribution is 2.67. The van der Waals surface area contributed by atoms with E-state index in [0.717, 1.165) is 14.2 Å². The summed E-state index contributed by atoms with van der Waals surface area (Å²) in [6.07, 6.45) is 0. The maximum absolute atomic E-state index is 13.4. The number of hydrogen-bond acceptors (Lipinski definition) is 10. The Balaban J connectivity index is 2.47. The minimum absolute atomic E-state index is 0.00467. The molecular weight excluding hydrogens is 414 g/mol. The second-order valence-electron chi connectivity index (χ2n) is 8.44. The molecule has 2 aliphatic rings. The molecule has 2 saturated heterocycles. The maximum atomic E-state index is 13.4. The summed E-state index contributed by atoms with van der Waals surface area (Å²) in [7, 11) is -6.40. The van der Waals surface area contributed by atoms with Crippen molar-refractivity contribution in [2.45, 2.75) is 39.0 Å². The average Bonchev–Trinajstić information content (AvgIpc) is 2.64. The summed E-state index contributed by atoms with van der Waals surface area (Å²) in [5.74, 6) is -2.18. The van der Waals surface area contributed by atoms with E-state index in [4.69, 9.17) is 27.6 Å². The minimum atomic E-state index is -4.25. The molecule has 0 aliphatic carbocycles. The second kappa shape index (κ2) is 8.17. The molecule has 0 unspecified atom stereocenters. The van der Waals surface area contributed by atoms with E-state index < -0.39 is 49.3 Å². The maximum Gasteiger partial charge on any atom is 0.346 e. The quantitative estimate of drug-likeness (QED) is 0.463. The van der Waals surface area contributed by atoms with Gasteiger partial charge in [-0.3, -0.25) is 18.7 Å². The van der Waals surface area contributed by atoms with Gasteiger partial charge in [-0.25, -0.2) is 0 Å². The van der Waals surface area contributed by atoms with Crippen LogP contribution in [0.15, 0.2) is 0 Å². The summed E-state index contributed by atoms with van der Waals surface area (Å²) >= 11 is 0. The molecule has 0 radical (unpaired) electrons. The molecule has 2 atom stereocenters. The van der Waals surface area contributed by atoms with E-state index in [9.17, 15) is 18.7 Å². The first-order valence-electron chi connectivity index (χ1n) is 8.72. The Hall–Kier alpha value is -0.760. The zero-order valence-electron chi connectivity index (χ0n) is 17.0. The number of methoxy groups -OCH3 is 2. The van der Waals surface area contributed by atoms with Crippen LogP contribution in [0.4, 0.5) is 0 Å². The van der Waals surface area contributed by atoms with Gasteiger partial charge in [0.15, 0.2) is 11.3 Å². The predicted octanol–water partition coefficient (Wildman–Crippen LogP) is 2.60. The molecule has 0 N–H and O–H groups in total. The van der Waals surface area contributed by atoms with Crippen molar-refractivity contribution >= 4 is 27.1 Å². The van der Waals surface area contributed by atoms with Gasteiger partial charge in [0.1, 0.15) is 0 Å². The monoisotopic (exact) mass is 442 g/mol. The SMILES string of the molecule is COC(=O)[C@@H]([C@H](C(=O)OC)P1(=O)OCC(C)(C)CO1)P1(=O)OCC(C)(C)CO1. The van der Waals surface area contributed by atoms with Gasteiger partial charge in [-0.2, -0.15) is 0 Å². The molecule has 0 aromatic heterocycles. The Labute approximate surface area is 164 Å². The summed E-state index contributed by atoms with van der Waals surface area (Å²) in [5.41, 5.74) is -4.62. The van der Waals surface area contributed by atoms with Crippen molar-refractivity contribution in [1.82, 2.24) is 0 Å². The molecule has 0 spiro atoms. The molecule has 10 nitrogen and oxygen atoms in total. The van der Waals surface area contributed by atoms with Gasteiger partial charge >= 0.3 is 27.1 Å². The molecule has 28 heavy (non-hydrogen) atoms. The van der Waals surface area contributed by atoms with Crippen molar-refractivity contribution in [3.63, 3.8) is 0 Å². The van der Waals surface area contributed by atoms with Crippen molar-refractivity contribution in [2.24, 2.45) is 10.8 Å². The standard InChI is InChI=1S/C16H28O10P2/c1-15(2)7-23-27(19,24-8-15)11(13(17)21-5)12(14(18)22-6)28(20)25-9-16(3,4)10-26-28/h11-12H,7-10H2,1-6H3/t11-,12-/m1/s1. The van der Waals surface area contributed by atoms with Crippen LogP contribution in [-0.2, 0) is 46.3 Å². The molecule has 0 amide bonds. The number of carbonyl (C=O) groups excluding carboxylic acids is 2. The Morgan fingerprint density at radius 3 is 1.18 bits per heavy atom. The van der Waals surface area contributed by atoms with Gasteiger partial charge in [-0.05, 0) is 0 Å². The number of hydrogen-bond donors (Lipinski definition) is 0. The molecule has 0 aromatic rings. The van der Waals surface area contributed by atoms with Crippen molar-refractivity contribution in [2.75, 3.05) is 40.6 Å². The zero-order chi connectivity index (χ0) is 21.4. The summed E-state index contributed by atoms with van der Waals surface area (Å²) in [6.45, 7) is 7.29. The Morgan fingerprint density at radius 1 is 0.714 bits per heavy atom. The first-order chi connectivity index (χ1) is 12.8. The van der Waals surface area contributed by atoms with Crippen molar-refractivity contribution in [1.29, 1.82) is 0 Å². The van der Waals surface area contributed by atoms with Crippen LogP contribution in [-0.4, -0.2) is 63.9 Å². The Kier molecular flexibility index (Phi) is 6.86. The van der Waals surface area contributed by atoms with Gasteiger partial charge in [-0.1, -0.05) is 27.7 Å². The van der Waals surface area contributed by atoms with Crippen LogP contribution < -0.4 is 0 Å². The van der Waals surface area contributed by atoms with Crippen LogP contribution >= 0.6 is 15.2 Å². The van der Waals surface area contributed by atoms with E-state index in [1.165, 1.54) is 0 Å². The summed E-state index contributed by atoms with van der Waals surface area (Å²) in [5, 5.41) is 0. The van der Waals surface area contributed by atoms with Gasteiger partial charge in [0.2, 0.25) is 0 Å². The first-order valence-corrected chi connectivity index (χ1v) is 11.9. The van der Waals surface area contributed by atoms with Crippen LogP contribution in [0.1, 0.15) is 27.7 Å². The topological polar surface area (TPSA) is 124 Å². The molecule has 0 aromatic carbocycles. The number of carbonyl (C=O) groups is 2. The second-order valence-corrected chi connectivity index (χ2v) is 12.7. The predicted molar refractivity (Wildman–Crippen MR) is 98.2 cm³/mol.